The van der Waals surface area contributed by atoms with Gasteiger partial charge in [-0.1, -0.05) is 5.16 Å². The van der Waals surface area contributed by atoms with E-state index in [1.165, 1.54) is 0 Å². The molecule has 17 heavy (non-hydrogen) atoms. The molecule has 0 unspecified atom stereocenters. The van der Waals surface area contributed by atoms with Gasteiger partial charge < -0.3 is 14.4 Å². The third kappa shape index (κ3) is 5.85. The van der Waals surface area contributed by atoms with E-state index in [1.54, 1.807) is 0 Å². The molecule has 0 radical (unpaired) electrons. The summed E-state index contributed by atoms with van der Waals surface area (Å²) in [7, 11) is 0. The number of aryl methyl sites for hydroxylation is 1. The molecule has 0 saturated heterocycles. The Balaban J connectivity index is 2.33. The number of carboxylic acid groups (broad SMARTS) is 1. The molecule has 0 atom stereocenters. The van der Waals surface area contributed by atoms with E-state index in [-0.39, 0.29) is 24.6 Å². The number of nitrogens with zero attached hydrogens (tertiary/aromatic N) is 2. The molecule has 0 saturated carbocycles. The van der Waals surface area contributed by atoms with Crippen LogP contribution in [-0.2, 0) is 22.6 Å². The van der Waals surface area contributed by atoms with Crippen LogP contribution in [-0.4, -0.2) is 34.0 Å². The fourth-order valence-corrected chi connectivity index (χ4v) is 0.922. The molecule has 6 nitrogen and oxygen atoms in total. The maximum absolute atomic E-state index is 11.7. The zero-order chi connectivity index (χ0) is 12.9. The zero-order valence-corrected chi connectivity index (χ0v) is 8.53. The number of alkyl halides is 3. The van der Waals surface area contributed by atoms with Crippen LogP contribution in [0.1, 0.15) is 18.1 Å². The molecule has 1 heterocycles. The van der Waals surface area contributed by atoms with Gasteiger partial charge in [-0.2, -0.15) is 18.2 Å². The lowest BCUT2D eigenvalue weighted by Gasteiger charge is -2.04. The third-order valence-corrected chi connectivity index (χ3v) is 1.56. The number of aromatic nitrogens is 2. The number of ether oxygens (including phenoxy) is 1. The van der Waals surface area contributed by atoms with Gasteiger partial charge in [0.1, 0.15) is 13.2 Å². The van der Waals surface area contributed by atoms with Crippen molar-refractivity contribution in [2.75, 3.05) is 6.61 Å². The van der Waals surface area contributed by atoms with E-state index in [9.17, 15) is 18.0 Å². The Morgan fingerprint density at radius 1 is 1.47 bits per heavy atom. The molecule has 96 valence electrons. The van der Waals surface area contributed by atoms with Gasteiger partial charge in [0.2, 0.25) is 5.89 Å². The number of carboxylic acids is 1. The van der Waals surface area contributed by atoms with Crippen molar-refractivity contribution in [3.05, 3.63) is 11.7 Å². The van der Waals surface area contributed by atoms with Gasteiger partial charge in [-0.3, -0.25) is 4.79 Å². The first-order valence-electron chi connectivity index (χ1n) is 4.54. The van der Waals surface area contributed by atoms with E-state index in [0.29, 0.717) is 0 Å². The highest BCUT2D eigenvalue weighted by molar-refractivity contribution is 5.66. The van der Waals surface area contributed by atoms with Gasteiger partial charge in [0.05, 0.1) is 6.42 Å². The molecular weight excluding hydrogens is 245 g/mol. The summed E-state index contributed by atoms with van der Waals surface area (Å²) in [6.07, 6.45) is -4.57. The quantitative estimate of drug-likeness (QED) is 0.820. The van der Waals surface area contributed by atoms with Gasteiger partial charge in [0, 0.05) is 6.42 Å². The van der Waals surface area contributed by atoms with E-state index < -0.39 is 25.4 Å². The van der Waals surface area contributed by atoms with E-state index in [4.69, 9.17) is 5.11 Å². The Morgan fingerprint density at radius 2 is 2.18 bits per heavy atom. The smallest absolute Gasteiger partial charge is 0.411 e. The van der Waals surface area contributed by atoms with E-state index in [2.05, 4.69) is 19.4 Å². The van der Waals surface area contributed by atoms with Crippen LogP contribution < -0.4 is 0 Å². The normalized spacial score (nSPS) is 11.7. The number of hydrogen-bond donors (Lipinski definition) is 1. The predicted octanol–water partition coefficient (Wildman–Crippen LogP) is 1.17. The van der Waals surface area contributed by atoms with Crippen LogP contribution in [0.25, 0.3) is 0 Å². The largest absolute Gasteiger partial charge is 0.481 e. The molecule has 0 aliphatic rings. The van der Waals surface area contributed by atoms with Crippen molar-refractivity contribution >= 4 is 5.97 Å². The molecular formula is C8H9F3N2O4. The van der Waals surface area contributed by atoms with Crippen molar-refractivity contribution in [1.29, 1.82) is 0 Å². The standard InChI is InChI=1S/C8H9F3N2O4/c9-8(10,11)4-16-3-5-12-6(17-13-5)1-2-7(14)15/h1-4H2,(H,14,15). The number of halogens is 3. The zero-order valence-electron chi connectivity index (χ0n) is 8.53. The third-order valence-electron chi connectivity index (χ3n) is 1.56. The Kier molecular flexibility index (Phi) is 4.44. The molecule has 0 fully saturated rings. The molecule has 9 heteroatoms. The Labute approximate surface area is 93.4 Å². The first-order valence-corrected chi connectivity index (χ1v) is 4.54. The van der Waals surface area contributed by atoms with E-state index in [0.717, 1.165) is 0 Å². The SMILES string of the molecule is O=C(O)CCc1nc(COCC(F)(F)F)no1. The van der Waals surface area contributed by atoms with E-state index >= 15 is 0 Å². The average Bonchev–Trinajstić information content (AvgIpc) is 2.61. The summed E-state index contributed by atoms with van der Waals surface area (Å²) in [5, 5.41) is 11.7. The Bertz CT molecular complexity index is 377. The summed E-state index contributed by atoms with van der Waals surface area (Å²) in [5.74, 6) is -1.02. The summed E-state index contributed by atoms with van der Waals surface area (Å²) in [4.78, 5) is 13.9. The van der Waals surface area contributed by atoms with Crippen molar-refractivity contribution in [3.63, 3.8) is 0 Å². The van der Waals surface area contributed by atoms with Crippen LogP contribution in [0.5, 0.6) is 0 Å². The maximum Gasteiger partial charge on any atom is 0.411 e. The fourth-order valence-electron chi connectivity index (χ4n) is 0.922. The highest BCUT2D eigenvalue weighted by atomic mass is 19.4. The monoisotopic (exact) mass is 254 g/mol. The molecule has 1 aromatic rings. The second-order valence-corrected chi connectivity index (χ2v) is 3.11. The average molecular weight is 254 g/mol. The van der Waals surface area contributed by atoms with Gasteiger partial charge in [-0.15, -0.1) is 0 Å². The summed E-state index contributed by atoms with van der Waals surface area (Å²) in [5.41, 5.74) is 0. The minimum Gasteiger partial charge on any atom is -0.481 e. The number of aliphatic carboxylic acids is 1. The van der Waals surface area contributed by atoms with Crippen molar-refractivity contribution in [2.24, 2.45) is 0 Å². The molecule has 0 spiro atoms. The first kappa shape index (κ1) is 13.4. The molecule has 0 aliphatic heterocycles. The van der Waals surface area contributed by atoms with Gasteiger partial charge in [-0.25, -0.2) is 0 Å². The summed E-state index contributed by atoms with van der Waals surface area (Å²) < 4.78 is 44.1. The van der Waals surface area contributed by atoms with Crippen LogP contribution in [0.2, 0.25) is 0 Å². The lowest BCUT2D eigenvalue weighted by Crippen LogP contribution is -2.16. The molecule has 0 amide bonds. The number of hydrogen-bond acceptors (Lipinski definition) is 5. The van der Waals surface area contributed by atoms with Gasteiger partial charge in [-0.05, 0) is 0 Å². The molecule has 0 aromatic carbocycles. The van der Waals surface area contributed by atoms with Crippen molar-refractivity contribution in [3.8, 4) is 0 Å². The van der Waals surface area contributed by atoms with Gasteiger partial charge in [0.15, 0.2) is 5.82 Å². The summed E-state index contributed by atoms with van der Waals surface area (Å²) in [6, 6.07) is 0. The second-order valence-electron chi connectivity index (χ2n) is 3.11. The maximum atomic E-state index is 11.7. The van der Waals surface area contributed by atoms with Crippen LogP contribution in [0.4, 0.5) is 13.2 Å². The van der Waals surface area contributed by atoms with Gasteiger partial charge in [0.25, 0.3) is 0 Å². The second kappa shape index (κ2) is 5.62. The molecule has 0 bridgehead atoms. The first-order chi connectivity index (χ1) is 7.87. The topological polar surface area (TPSA) is 85.5 Å². The van der Waals surface area contributed by atoms with Crippen molar-refractivity contribution in [2.45, 2.75) is 25.6 Å². The number of carbonyl (C=O) groups is 1. The molecule has 1 aromatic heterocycles. The van der Waals surface area contributed by atoms with Crippen LogP contribution in [0.3, 0.4) is 0 Å². The van der Waals surface area contributed by atoms with Crippen LogP contribution >= 0.6 is 0 Å². The molecule has 1 rings (SSSR count). The highest BCUT2D eigenvalue weighted by Gasteiger charge is 2.27. The molecule has 1 N–H and O–H groups in total. The molecule has 0 aliphatic carbocycles. The van der Waals surface area contributed by atoms with E-state index in [1.807, 2.05) is 0 Å². The lowest BCUT2D eigenvalue weighted by atomic mass is 10.3. The fraction of sp³-hybridized carbons (Fsp3) is 0.625. The Hall–Kier alpha value is -1.64. The summed E-state index contributed by atoms with van der Waals surface area (Å²) in [6.45, 7) is -1.83. The number of rotatable bonds is 6. The predicted molar refractivity (Wildman–Crippen MR) is 46.0 cm³/mol. The Morgan fingerprint density at radius 3 is 2.76 bits per heavy atom. The van der Waals surface area contributed by atoms with Gasteiger partial charge >= 0.3 is 12.1 Å². The summed E-state index contributed by atoms with van der Waals surface area (Å²) >= 11 is 0. The van der Waals surface area contributed by atoms with Crippen LogP contribution in [0.15, 0.2) is 4.52 Å². The lowest BCUT2D eigenvalue weighted by molar-refractivity contribution is -0.177. The van der Waals surface area contributed by atoms with Crippen LogP contribution in [0, 0.1) is 0 Å². The highest BCUT2D eigenvalue weighted by Crippen LogP contribution is 2.15. The minimum absolute atomic E-state index is 0.0294. The van der Waals surface area contributed by atoms with Crippen molar-refractivity contribution in [1.82, 2.24) is 10.1 Å². The van der Waals surface area contributed by atoms with Crippen molar-refractivity contribution < 1.29 is 32.3 Å². The minimum atomic E-state index is -4.41.